The summed E-state index contributed by atoms with van der Waals surface area (Å²) in [6.45, 7) is 16.3. The first-order valence-corrected chi connectivity index (χ1v) is 34.3. The summed E-state index contributed by atoms with van der Waals surface area (Å²) >= 11 is 0. The van der Waals surface area contributed by atoms with Crippen molar-refractivity contribution in [3.63, 3.8) is 0 Å². The molecule has 0 saturated heterocycles. The third kappa shape index (κ3) is 10.4. The number of hydrogen-bond acceptors (Lipinski definition) is 5. The SMILES string of the molecule is C=Cc1ccc(Oc2ccc(C3(c4cc(C)ccc4C)c4ccccc4-c4ccc(N(c5ccc(F)c(F)c5)c5cccc6oc7cccc(N(c8ccc(F)c(F)c8)c8ccc9c(c8)C(c8ccc(Oc%10ccc(C=C)cc%10)cc8)(c8cc(C)ccc8C)c8ccccc8-9)c7c56)cc43)cc2)cc1. The van der Waals surface area contributed by atoms with Crippen LogP contribution in [0.15, 0.2) is 309 Å². The standard InChI is InChI=1S/C94H66F4N2O3/c1-7-61-27-39-69(40-28-61)101-71-43-31-63(32-44-71)93(79-51-57(3)23-25-59(79)5)77-17-11-9-15-73(77)75-47-35-65(53-81(75)93)99(67-37-49-83(95)85(97)55-67)87-19-13-21-89-91(87)92-88(20-14-22-90(92)103-89)100(68-38-50-84(96)86(98)56-68)66-36-48-76-74-16-10-12-18-78(74)94(82(76)54-66,80-52-58(4)24-26-60(80)6)64-33-45-72(46-34-64)102-70-41-29-62(8-2)30-42-70/h7-56H,1-2H2,3-6H3. The van der Waals surface area contributed by atoms with Crippen molar-refractivity contribution in [3.8, 4) is 45.3 Å². The van der Waals surface area contributed by atoms with E-state index in [0.717, 1.165) is 112 Å². The zero-order chi connectivity index (χ0) is 70.4. The Hall–Kier alpha value is -12.7. The monoisotopic (exact) mass is 1350 g/mol. The van der Waals surface area contributed by atoms with Crippen LogP contribution < -0.4 is 19.3 Å². The molecule has 0 amide bonds. The van der Waals surface area contributed by atoms with E-state index in [1.807, 2.05) is 131 Å². The van der Waals surface area contributed by atoms with Gasteiger partial charge in [-0.2, -0.15) is 0 Å². The number of ether oxygens (including phenoxy) is 2. The van der Waals surface area contributed by atoms with Crippen molar-refractivity contribution >= 4 is 68.2 Å². The zero-order valence-electron chi connectivity index (χ0n) is 56.9. The highest BCUT2D eigenvalue weighted by atomic mass is 19.2. The van der Waals surface area contributed by atoms with Gasteiger partial charge in [0.25, 0.3) is 0 Å². The minimum absolute atomic E-state index is 0.328. The van der Waals surface area contributed by atoms with Crippen LogP contribution in [0.2, 0.25) is 0 Å². The van der Waals surface area contributed by atoms with Crippen molar-refractivity contribution in [2.24, 2.45) is 0 Å². The Kier molecular flexibility index (Phi) is 15.6. The molecule has 15 aromatic rings. The molecule has 498 valence electrons. The van der Waals surface area contributed by atoms with Crippen molar-refractivity contribution in [1.29, 1.82) is 0 Å². The van der Waals surface area contributed by atoms with Crippen LogP contribution in [0, 0.1) is 51.0 Å². The van der Waals surface area contributed by atoms with Crippen LogP contribution in [0.1, 0.15) is 77.9 Å². The van der Waals surface area contributed by atoms with Gasteiger partial charge in [0, 0.05) is 34.9 Å². The maximum atomic E-state index is 16.4. The molecular weight excluding hydrogens is 1280 g/mol. The van der Waals surface area contributed by atoms with Gasteiger partial charge in [0.15, 0.2) is 23.3 Å². The normalized spacial score (nSPS) is 14.8. The summed E-state index contributed by atoms with van der Waals surface area (Å²) in [6.07, 6.45) is 3.60. The molecular formula is C94H66F4N2O3. The van der Waals surface area contributed by atoms with E-state index in [4.69, 9.17) is 13.9 Å². The number of furan rings is 1. The Morgan fingerprint density at radius 3 is 1.07 bits per heavy atom. The van der Waals surface area contributed by atoms with Gasteiger partial charge in [0.1, 0.15) is 34.2 Å². The Bertz CT molecular complexity index is 5560. The Balaban J connectivity index is 0.884. The molecule has 9 heteroatoms. The summed E-state index contributed by atoms with van der Waals surface area (Å²) in [5.41, 5.74) is 20.7. The van der Waals surface area contributed by atoms with Crippen molar-refractivity contribution in [1.82, 2.24) is 0 Å². The molecule has 2 unspecified atom stereocenters. The summed E-state index contributed by atoms with van der Waals surface area (Å²) in [4.78, 5) is 3.92. The minimum atomic E-state index is -1.04. The number of benzene rings is 14. The van der Waals surface area contributed by atoms with Crippen molar-refractivity contribution in [3.05, 3.63) is 406 Å². The van der Waals surface area contributed by atoms with Crippen LogP contribution in [0.5, 0.6) is 23.0 Å². The minimum Gasteiger partial charge on any atom is -0.457 e. The molecule has 2 atom stereocenters. The number of aryl methyl sites for hydroxylation is 4. The fraction of sp³-hybridized carbons (Fsp3) is 0.0638. The van der Waals surface area contributed by atoms with Gasteiger partial charge in [-0.25, -0.2) is 17.6 Å². The van der Waals surface area contributed by atoms with Gasteiger partial charge in [0.2, 0.25) is 0 Å². The predicted molar refractivity (Wildman–Crippen MR) is 410 cm³/mol. The van der Waals surface area contributed by atoms with E-state index in [1.165, 1.54) is 12.1 Å². The van der Waals surface area contributed by atoms with Crippen molar-refractivity contribution in [2.75, 3.05) is 9.80 Å². The van der Waals surface area contributed by atoms with E-state index in [1.54, 1.807) is 24.3 Å². The number of nitrogens with zero attached hydrogens (tertiary/aromatic N) is 2. The zero-order valence-corrected chi connectivity index (χ0v) is 56.9. The van der Waals surface area contributed by atoms with Crippen molar-refractivity contribution < 1.29 is 31.5 Å². The first kappa shape index (κ1) is 63.7. The van der Waals surface area contributed by atoms with E-state index < -0.39 is 34.1 Å². The Morgan fingerprint density at radius 2 is 0.680 bits per heavy atom. The smallest absolute Gasteiger partial charge is 0.160 e. The van der Waals surface area contributed by atoms with E-state index in [9.17, 15) is 0 Å². The van der Waals surface area contributed by atoms with Crippen LogP contribution >= 0.6 is 0 Å². The second kappa shape index (κ2) is 25.2. The maximum Gasteiger partial charge on any atom is 0.160 e. The number of anilines is 6. The second-order valence-electron chi connectivity index (χ2n) is 26.8. The van der Waals surface area contributed by atoms with Crippen LogP contribution in [0.4, 0.5) is 51.7 Å². The van der Waals surface area contributed by atoms with Crippen molar-refractivity contribution in [2.45, 2.75) is 38.5 Å². The largest absolute Gasteiger partial charge is 0.457 e. The third-order valence-electron chi connectivity index (χ3n) is 20.7. The highest BCUT2D eigenvalue weighted by Gasteiger charge is 2.49. The highest BCUT2D eigenvalue weighted by molar-refractivity contribution is 6.19. The van der Waals surface area contributed by atoms with Gasteiger partial charge in [-0.05, 0) is 238 Å². The topological polar surface area (TPSA) is 38.1 Å². The predicted octanol–water partition coefficient (Wildman–Crippen LogP) is 25.9. The number of fused-ring (bicyclic) bond motifs is 9. The molecule has 0 fully saturated rings. The molecule has 0 radical (unpaired) electrons. The van der Waals surface area contributed by atoms with Gasteiger partial charge in [-0.1, -0.05) is 194 Å². The molecule has 2 aliphatic rings. The molecule has 1 heterocycles. The van der Waals surface area contributed by atoms with Gasteiger partial charge in [-0.15, -0.1) is 0 Å². The summed E-state index contributed by atoms with van der Waals surface area (Å²) in [5, 5.41) is 1.23. The number of rotatable bonds is 16. The van der Waals surface area contributed by atoms with E-state index in [0.29, 0.717) is 79.1 Å². The Labute approximate surface area is 595 Å². The lowest BCUT2D eigenvalue weighted by Crippen LogP contribution is -2.30. The van der Waals surface area contributed by atoms with Gasteiger partial charge in [0.05, 0.1) is 33.0 Å². The molecule has 0 aliphatic heterocycles. The fourth-order valence-electron chi connectivity index (χ4n) is 16.1. The average molecular weight is 1350 g/mol. The van der Waals surface area contributed by atoms with Crippen LogP contribution in [0.25, 0.3) is 56.3 Å². The Morgan fingerprint density at radius 1 is 0.320 bits per heavy atom. The van der Waals surface area contributed by atoms with Gasteiger partial charge in [-0.3, -0.25) is 0 Å². The van der Waals surface area contributed by atoms with E-state index in [2.05, 4.69) is 174 Å². The lowest BCUT2D eigenvalue weighted by molar-refractivity contribution is 0.482. The summed E-state index contributed by atoms with van der Waals surface area (Å²) in [7, 11) is 0. The molecule has 1 aromatic heterocycles. The molecule has 5 nitrogen and oxygen atoms in total. The highest BCUT2D eigenvalue weighted by Crippen LogP contribution is 2.61. The molecule has 2 aliphatic carbocycles. The lowest BCUT2D eigenvalue weighted by atomic mass is 9.66. The molecule has 17 rings (SSSR count). The maximum absolute atomic E-state index is 16.4. The van der Waals surface area contributed by atoms with E-state index in [-0.39, 0.29) is 0 Å². The second-order valence-corrected chi connectivity index (χ2v) is 26.8. The van der Waals surface area contributed by atoms with Gasteiger partial charge < -0.3 is 23.7 Å². The van der Waals surface area contributed by atoms with Gasteiger partial charge >= 0.3 is 0 Å². The lowest BCUT2D eigenvalue weighted by Gasteiger charge is -2.36. The van der Waals surface area contributed by atoms with Crippen LogP contribution in [-0.2, 0) is 10.8 Å². The average Bonchev–Trinajstić information content (AvgIpc) is 1.55. The molecule has 0 spiro atoms. The number of hydrogen-bond donors (Lipinski definition) is 0. The summed E-state index contributed by atoms with van der Waals surface area (Å²) in [6, 6.07) is 94.5. The summed E-state index contributed by atoms with van der Waals surface area (Å²) < 4.78 is 84.1. The summed E-state index contributed by atoms with van der Waals surface area (Å²) in [5.74, 6) is -1.39. The first-order chi connectivity index (χ1) is 50.2. The molecule has 14 aromatic carbocycles. The fourth-order valence-corrected chi connectivity index (χ4v) is 16.1. The molecule has 0 bridgehead atoms. The van der Waals surface area contributed by atoms with Crippen LogP contribution in [0.3, 0.4) is 0 Å². The quantitative estimate of drug-likeness (QED) is 0.0902. The molecule has 0 N–H and O–H groups in total. The third-order valence-corrected chi connectivity index (χ3v) is 20.7. The first-order valence-electron chi connectivity index (χ1n) is 34.3. The molecule has 0 saturated carbocycles. The van der Waals surface area contributed by atoms with Crippen LogP contribution in [-0.4, -0.2) is 0 Å². The molecule has 103 heavy (non-hydrogen) atoms. The number of halogens is 4. The van der Waals surface area contributed by atoms with E-state index >= 15 is 17.6 Å².